The Morgan fingerprint density at radius 2 is 1.89 bits per heavy atom. The predicted molar refractivity (Wildman–Crippen MR) is 108 cm³/mol. The maximum atomic E-state index is 13.1. The van der Waals surface area contributed by atoms with Crippen molar-refractivity contribution in [3.05, 3.63) is 77.1 Å². The molecule has 2 aromatic carbocycles. The molecule has 5 heteroatoms. The summed E-state index contributed by atoms with van der Waals surface area (Å²) in [6.07, 6.45) is 1.87. The molecule has 1 N–H and O–H groups in total. The Hall–Kier alpha value is -3.21. The highest BCUT2D eigenvalue weighted by atomic mass is 16.2. The molecule has 3 aromatic rings. The maximum absolute atomic E-state index is 13.1. The summed E-state index contributed by atoms with van der Waals surface area (Å²) >= 11 is 0. The summed E-state index contributed by atoms with van der Waals surface area (Å²) in [4.78, 5) is 23.8. The van der Waals surface area contributed by atoms with Crippen LogP contribution >= 0.6 is 0 Å². The molecule has 1 amide bonds. The number of rotatable bonds is 4. The first-order chi connectivity index (χ1) is 13.1. The molecule has 4 rings (SSSR count). The summed E-state index contributed by atoms with van der Waals surface area (Å²) in [5.74, 6) is 0.352. The smallest absolute Gasteiger partial charge is 0.277 e. The highest BCUT2D eigenvalue weighted by molar-refractivity contribution is 6.06. The minimum Gasteiger partial charge on any atom is -0.324 e. The number of para-hydroxylation sites is 1. The number of carbonyl (C=O) groups is 1. The fraction of sp³-hybridized carbons (Fsp3) is 0.227. The average molecular weight is 358 g/mol. The fourth-order valence-electron chi connectivity index (χ4n) is 3.37. The predicted octanol–water partition coefficient (Wildman–Crippen LogP) is 4.29. The van der Waals surface area contributed by atoms with Crippen molar-refractivity contribution in [1.29, 1.82) is 0 Å². The van der Waals surface area contributed by atoms with Gasteiger partial charge >= 0.3 is 0 Å². The molecular formula is C22H22N4O. The second kappa shape index (κ2) is 7.19. The average Bonchev–Trinajstić information content (AvgIpc) is 3.11. The molecule has 0 fully saturated rings. The second-order valence-electron chi connectivity index (χ2n) is 6.73. The van der Waals surface area contributed by atoms with Crippen LogP contribution in [0.25, 0.3) is 0 Å². The van der Waals surface area contributed by atoms with E-state index in [1.807, 2.05) is 37.3 Å². The van der Waals surface area contributed by atoms with Gasteiger partial charge in [-0.3, -0.25) is 4.79 Å². The van der Waals surface area contributed by atoms with E-state index >= 15 is 0 Å². The number of fused-ring (bicyclic) bond motifs is 1. The lowest BCUT2D eigenvalue weighted by Crippen LogP contribution is -2.30. The summed E-state index contributed by atoms with van der Waals surface area (Å²) in [5, 5.41) is 3.21. The molecule has 27 heavy (non-hydrogen) atoms. The topological polar surface area (TPSA) is 58.1 Å². The van der Waals surface area contributed by atoms with E-state index in [2.05, 4.69) is 40.4 Å². The van der Waals surface area contributed by atoms with Crippen LogP contribution in [-0.4, -0.2) is 22.4 Å². The minimum atomic E-state index is -0.0881. The molecule has 0 radical (unpaired) electrons. The van der Waals surface area contributed by atoms with Crippen LogP contribution in [-0.2, 0) is 12.8 Å². The molecule has 0 spiro atoms. The highest BCUT2D eigenvalue weighted by Gasteiger charge is 2.26. The minimum absolute atomic E-state index is 0.0881. The number of benzene rings is 2. The number of amides is 1. The monoisotopic (exact) mass is 358 g/mol. The van der Waals surface area contributed by atoms with Gasteiger partial charge in [-0.05, 0) is 55.2 Å². The molecule has 0 atom stereocenters. The van der Waals surface area contributed by atoms with Crippen molar-refractivity contribution in [2.45, 2.75) is 26.7 Å². The number of nitrogens with zero attached hydrogens (tertiary/aromatic N) is 3. The van der Waals surface area contributed by atoms with Crippen molar-refractivity contribution in [3.63, 3.8) is 0 Å². The first-order valence-electron chi connectivity index (χ1n) is 9.25. The number of anilines is 3. The van der Waals surface area contributed by atoms with Gasteiger partial charge in [0.1, 0.15) is 5.69 Å². The van der Waals surface area contributed by atoms with Crippen LogP contribution < -0.4 is 10.2 Å². The standard InChI is InChI=1S/C22H22N4O/c1-3-16-8-10-18(11-9-16)24-22-23-15(2)14-19(25-22)21(27)26-13-12-17-6-4-5-7-20(17)26/h4-11,14H,3,12-13H2,1-2H3,(H,23,24,25). The van der Waals surface area contributed by atoms with E-state index in [4.69, 9.17) is 0 Å². The van der Waals surface area contributed by atoms with Crippen molar-refractivity contribution in [2.75, 3.05) is 16.8 Å². The van der Waals surface area contributed by atoms with Crippen LogP contribution in [0, 0.1) is 6.92 Å². The molecule has 1 aliphatic rings. The van der Waals surface area contributed by atoms with Crippen LogP contribution in [0.5, 0.6) is 0 Å². The van der Waals surface area contributed by atoms with Crippen molar-refractivity contribution in [3.8, 4) is 0 Å². The molecule has 2 heterocycles. The fourth-order valence-corrected chi connectivity index (χ4v) is 3.37. The van der Waals surface area contributed by atoms with Crippen LogP contribution in [0.15, 0.2) is 54.6 Å². The van der Waals surface area contributed by atoms with Gasteiger partial charge in [0.15, 0.2) is 0 Å². The number of hydrogen-bond donors (Lipinski definition) is 1. The summed E-state index contributed by atoms with van der Waals surface area (Å²) < 4.78 is 0. The van der Waals surface area contributed by atoms with E-state index in [1.54, 1.807) is 11.0 Å². The third-order valence-corrected chi connectivity index (χ3v) is 4.82. The Morgan fingerprint density at radius 1 is 1.11 bits per heavy atom. The van der Waals surface area contributed by atoms with E-state index in [9.17, 15) is 4.79 Å². The summed E-state index contributed by atoms with van der Waals surface area (Å²) in [7, 11) is 0. The number of aryl methyl sites for hydroxylation is 2. The zero-order valence-corrected chi connectivity index (χ0v) is 15.6. The van der Waals surface area contributed by atoms with Crippen molar-refractivity contribution >= 4 is 23.2 Å². The molecule has 136 valence electrons. The van der Waals surface area contributed by atoms with Crippen molar-refractivity contribution in [1.82, 2.24) is 9.97 Å². The van der Waals surface area contributed by atoms with Crippen LogP contribution in [0.4, 0.5) is 17.3 Å². The molecule has 1 aliphatic heterocycles. The SMILES string of the molecule is CCc1ccc(Nc2nc(C)cc(C(=O)N3CCc4ccccc43)n2)cc1. The largest absolute Gasteiger partial charge is 0.324 e. The van der Waals surface area contributed by atoms with E-state index in [0.717, 1.165) is 29.9 Å². The lowest BCUT2D eigenvalue weighted by Gasteiger charge is -2.17. The van der Waals surface area contributed by atoms with Gasteiger partial charge in [0.2, 0.25) is 5.95 Å². The van der Waals surface area contributed by atoms with Crippen LogP contribution in [0.1, 0.15) is 34.2 Å². The molecule has 0 saturated carbocycles. The molecule has 0 saturated heterocycles. The van der Waals surface area contributed by atoms with Crippen molar-refractivity contribution in [2.24, 2.45) is 0 Å². The van der Waals surface area contributed by atoms with Crippen molar-refractivity contribution < 1.29 is 4.79 Å². The highest BCUT2D eigenvalue weighted by Crippen LogP contribution is 2.28. The Bertz CT molecular complexity index is 982. The molecular weight excluding hydrogens is 336 g/mol. The van der Waals surface area contributed by atoms with E-state index in [1.165, 1.54) is 11.1 Å². The van der Waals surface area contributed by atoms with Gasteiger partial charge in [0.25, 0.3) is 5.91 Å². The molecule has 0 bridgehead atoms. The molecule has 0 aliphatic carbocycles. The first-order valence-corrected chi connectivity index (χ1v) is 9.25. The first kappa shape index (κ1) is 17.2. The van der Waals surface area contributed by atoms with Crippen LogP contribution in [0.2, 0.25) is 0 Å². The quantitative estimate of drug-likeness (QED) is 0.756. The Balaban J connectivity index is 1.59. The van der Waals surface area contributed by atoms with Gasteiger partial charge in [-0.2, -0.15) is 0 Å². The summed E-state index contributed by atoms with van der Waals surface area (Å²) in [6.45, 7) is 4.69. The van der Waals surface area contributed by atoms with Crippen LogP contribution in [0.3, 0.4) is 0 Å². The zero-order valence-electron chi connectivity index (χ0n) is 15.6. The van der Waals surface area contributed by atoms with Gasteiger partial charge in [-0.15, -0.1) is 0 Å². The van der Waals surface area contributed by atoms with E-state index < -0.39 is 0 Å². The number of hydrogen-bond acceptors (Lipinski definition) is 4. The van der Waals surface area contributed by atoms with Gasteiger partial charge in [0, 0.05) is 23.6 Å². The lowest BCUT2D eigenvalue weighted by atomic mass is 10.1. The van der Waals surface area contributed by atoms with Gasteiger partial charge in [0.05, 0.1) is 0 Å². The zero-order chi connectivity index (χ0) is 18.8. The number of nitrogens with one attached hydrogen (secondary N) is 1. The van der Waals surface area contributed by atoms with E-state index in [0.29, 0.717) is 18.2 Å². The molecule has 0 unspecified atom stereocenters. The molecule has 5 nitrogen and oxygen atoms in total. The lowest BCUT2D eigenvalue weighted by molar-refractivity contribution is 0.0984. The normalized spacial score (nSPS) is 12.7. The third-order valence-electron chi connectivity index (χ3n) is 4.82. The number of aromatic nitrogens is 2. The maximum Gasteiger partial charge on any atom is 0.277 e. The Kier molecular flexibility index (Phi) is 4.59. The number of carbonyl (C=O) groups excluding carboxylic acids is 1. The van der Waals surface area contributed by atoms with E-state index in [-0.39, 0.29) is 5.91 Å². The third kappa shape index (κ3) is 3.53. The van der Waals surface area contributed by atoms with Gasteiger partial charge in [-0.1, -0.05) is 37.3 Å². The summed E-state index contributed by atoms with van der Waals surface area (Å²) in [5.41, 5.74) is 5.52. The Labute approximate surface area is 159 Å². The van der Waals surface area contributed by atoms with Gasteiger partial charge < -0.3 is 10.2 Å². The molecule has 1 aromatic heterocycles. The summed E-state index contributed by atoms with van der Waals surface area (Å²) in [6, 6.07) is 17.9. The second-order valence-corrected chi connectivity index (χ2v) is 6.73. The van der Waals surface area contributed by atoms with Gasteiger partial charge in [-0.25, -0.2) is 9.97 Å². The Morgan fingerprint density at radius 3 is 2.67 bits per heavy atom.